The highest BCUT2D eigenvalue weighted by atomic mass is 16.5. The van der Waals surface area contributed by atoms with Crippen LogP contribution in [0.2, 0.25) is 0 Å². The van der Waals surface area contributed by atoms with Crippen molar-refractivity contribution in [1.82, 2.24) is 15.2 Å². The number of benzene rings is 1. The minimum Gasteiger partial charge on any atom is -0.507 e. The summed E-state index contributed by atoms with van der Waals surface area (Å²) in [5.41, 5.74) is 8.61. The van der Waals surface area contributed by atoms with Gasteiger partial charge in [0, 0.05) is 13.1 Å². The van der Waals surface area contributed by atoms with Gasteiger partial charge in [-0.1, -0.05) is 18.9 Å². The number of piperidine rings is 1. The SMILES string of the molecule is N#Cc1c(C2CCCNC2)cc(-c2c(O)cccc2OCCN2CCCCCC2)nc1N. The highest BCUT2D eigenvalue weighted by Crippen LogP contribution is 2.40. The highest BCUT2D eigenvalue weighted by molar-refractivity contribution is 5.76. The number of hydrogen-bond acceptors (Lipinski definition) is 7. The molecule has 2 saturated heterocycles. The van der Waals surface area contributed by atoms with E-state index in [9.17, 15) is 10.4 Å². The summed E-state index contributed by atoms with van der Waals surface area (Å²) in [6.45, 7) is 5.42. The van der Waals surface area contributed by atoms with E-state index >= 15 is 0 Å². The number of likely N-dealkylation sites (tertiary alicyclic amines) is 1. The van der Waals surface area contributed by atoms with Gasteiger partial charge in [-0.05, 0) is 75.0 Å². The molecule has 4 rings (SSSR count). The molecule has 0 aliphatic carbocycles. The van der Waals surface area contributed by atoms with Crippen LogP contribution in [-0.4, -0.2) is 54.3 Å². The number of rotatable bonds is 6. The quantitative estimate of drug-likeness (QED) is 0.636. The Labute approximate surface area is 190 Å². The number of nitrogens with two attached hydrogens (primary N) is 1. The van der Waals surface area contributed by atoms with Crippen LogP contribution in [0.15, 0.2) is 24.3 Å². The van der Waals surface area contributed by atoms with Gasteiger partial charge in [0.05, 0.1) is 16.8 Å². The van der Waals surface area contributed by atoms with E-state index in [0.29, 0.717) is 29.2 Å². The van der Waals surface area contributed by atoms with Crippen molar-refractivity contribution in [2.45, 2.75) is 44.4 Å². The number of ether oxygens (including phenoxy) is 1. The second kappa shape index (κ2) is 10.7. The smallest absolute Gasteiger partial charge is 0.142 e. The van der Waals surface area contributed by atoms with E-state index in [1.54, 1.807) is 12.1 Å². The average Bonchev–Trinajstić information content (AvgIpc) is 3.08. The summed E-state index contributed by atoms with van der Waals surface area (Å²) in [7, 11) is 0. The second-order valence-electron chi connectivity index (χ2n) is 8.77. The lowest BCUT2D eigenvalue weighted by Crippen LogP contribution is -2.29. The summed E-state index contributed by atoms with van der Waals surface area (Å²) in [6.07, 6.45) is 7.13. The normalized spacial score (nSPS) is 19.8. The van der Waals surface area contributed by atoms with E-state index in [1.165, 1.54) is 25.7 Å². The Kier molecular flexibility index (Phi) is 7.46. The second-order valence-corrected chi connectivity index (χ2v) is 8.77. The van der Waals surface area contributed by atoms with Crippen molar-refractivity contribution >= 4 is 5.82 Å². The summed E-state index contributed by atoms with van der Waals surface area (Å²) >= 11 is 0. The van der Waals surface area contributed by atoms with Gasteiger partial charge in [-0.2, -0.15) is 5.26 Å². The van der Waals surface area contributed by atoms with Gasteiger partial charge >= 0.3 is 0 Å². The molecule has 0 radical (unpaired) electrons. The van der Waals surface area contributed by atoms with Crippen LogP contribution in [0.3, 0.4) is 0 Å². The molecule has 1 aromatic carbocycles. The Morgan fingerprint density at radius 3 is 2.75 bits per heavy atom. The molecule has 170 valence electrons. The number of nitrogens with zero attached hydrogens (tertiary/aromatic N) is 3. The van der Waals surface area contributed by atoms with Crippen LogP contribution in [0.1, 0.15) is 55.6 Å². The number of anilines is 1. The number of nitrogen functional groups attached to an aromatic ring is 1. The number of phenolic OH excluding ortho intramolecular Hbond substituents is 1. The average molecular weight is 436 g/mol. The lowest BCUT2D eigenvalue weighted by atomic mass is 9.88. The molecule has 2 aliphatic heterocycles. The molecule has 0 saturated carbocycles. The minimum atomic E-state index is 0.0987. The van der Waals surface area contributed by atoms with Gasteiger partial charge in [0.25, 0.3) is 0 Å². The van der Waals surface area contributed by atoms with Crippen LogP contribution in [0.25, 0.3) is 11.3 Å². The van der Waals surface area contributed by atoms with Gasteiger partial charge in [-0.25, -0.2) is 4.98 Å². The zero-order valence-corrected chi connectivity index (χ0v) is 18.6. The van der Waals surface area contributed by atoms with E-state index in [0.717, 1.165) is 51.1 Å². The number of pyridine rings is 1. The predicted molar refractivity (Wildman–Crippen MR) is 126 cm³/mol. The zero-order valence-electron chi connectivity index (χ0n) is 18.6. The summed E-state index contributed by atoms with van der Waals surface area (Å²) in [4.78, 5) is 6.93. The number of phenols is 1. The van der Waals surface area contributed by atoms with Crippen LogP contribution in [0.4, 0.5) is 5.82 Å². The van der Waals surface area contributed by atoms with Gasteiger partial charge in [0.1, 0.15) is 30.0 Å². The van der Waals surface area contributed by atoms with Crippen LogP contribution in [0.5, 0.6) is 11.5 Å². The fourth-order valence-corrected chi connectivity index (χ4v) is 4.82. The molecule has 2 aliphatic rings. The van der Waals surface area contributed by atoms with E-state index in [2.05, 4.69) is 21.3 Å². The lowest BCUT2D eigenvalue weighted by molar-refractivity contribution is 0.214. The molecule has 3 heterocycles. The Hall–Kier alpha value is -2.82. The monoisotopic (exact) mass is 435 g/mol. The number of aromatic hydroxyl groups is 1. The molecule has 32 heavy (non-hydrogen) atoms. The Morgan fingerprint density at radius 2 is 2.03 bits per heavy atom. The van der Waals surface area contributed by atoms with Gasteiger partial charge in [0.15, 0.2) is 0 Å². The first-order chi connectivity index (χ1) is 15.7. The topological polar surface area (TPSA) is 107 Å². The van der Waals surface area contributed by atoms with Crippen molar-refractivity contribution in [2.24, 2.45) is 0 Å². The maximum atomic E-state index is 10.7. The first kappa shape index (κ1) is 22.4. The molecule has 7 heteroatoms. The van der Waals surface area contributed by atoms with E-state index in [4.69, 9.17) is 10.5 Å². The maximum Gasteiger partial charge on any atom is 0.142 e. The Balaban J connectivity index is 1.60. The largest absolute Gasteiger partial charge is 0.507 e. The van der Waals surface area contributed by atoms with Crippen molar-refractivity contribution in [3.05, 3.63) is 35.4 Å². The fourth-order valence-electron chi connectivity index (χ4n) is 4.82. The van der Waals surface area contributed by atoms with E-state index < -0.39 is 0 Å². The first-order valence-electron chi connectivity index (χ1n) is 11.8. The van der Waals surface area contributed by atoms with Crippen LogP contribution in [0, 0.1) is 11.3 Å². The standard InChI is InChI=1S/C25H33N5O2/c26-16-20-19(18-7-6-10-28-17-18)15-21(29-25(20)27)24-22(31)8-5-9-23(24)32-14-13-30-11-3-1-2-4-12-30/h5,8-9,15,18,28,31H,1-4,6-7,10-14,17H2,(H2,27,29). The number of nitrogens with one attached hydrogen (secondary N) is 1. The summed E-state index contributed by atoms with van der Waals surface area (Å²) in [5.74, 6) is 1.08. The van der Waals surface area contributed by atoms with Crippen molar-refractivity contribution in [2.75, 3.05) is 45.1 Å². The summed E-state index contributed by atoms with van der Waals surface area (Å²) in [6, 6.07) is 9.40. The van der Waals surface area contributed by atoms with Crippen molar-refractivity contribution < 1.29 is 9.84 Å². The van der Waals surface area contributed by atoms with Crippen molar-refractivity contribution in [1.29, 1.82) is 5.26 Å². The zero-order chi connectivity index (χ0) is 22.3. The van der Waals surface area contributed by atoms with Gasteiger partial charge in [0.2, 0.25) is 0 Å². The van der Waals surface area contributed by atoms with Crippen LogP contribution in [-0.2, 0) is 0 Å². The molecule has 2 fully saturated rings. The third-order valence-corrected chi connectivity index (χ3v) is 6.55. The molecule has 1 aromatic heterocycles. The Bertz CT molecular complexity index is 958. The first-order valence-corrected chi connectivity index (χ1v) is 11.8. The molecule has 2 aromatic rings. The van der Waals surface area contributed by atoms with Crippen molar-refractivity contribution in [3.63, 3.8) is 0 Å². The van der Waals surface area contributed by atoms with Crippen molar-refractivity contribution in [3.8, 4) is 28.8 Å². The van der Waals surface area contributed by atoms with Gasteiger partial charge in [-0.15, -0.1) is 0 Å². The Morgan fingerprint density at radius 1 is 1.22 bits per heavy atom. The summed E-state index contributed by atoms with van der Waals surface area (Å²) < 4.78 is 6.14. The molecule has 0 amide bonds. The van der Waals surface area contributed by atoms with Gasteiger partial charge < -0.3 is 20.9 Å². The molecule has 0 spiro atoms. The third kappa shape index (κ3) is 5.14. The molecule has 1 unspecified atom stereocenters. The maximum absolute atomic E-state index is 10.7. The van der Waals surface area contributed by atoms with Crippen LogP contribution < -0.4 is 15.8 Å². The minimum absolute atomic E-state index is 0.0987. The predicted octanol–water partition coefficient (Wildman–Crippen LogP) is 3.63. The molecule has 4 N–H and O–H groups in total. The molecular weight excluding hydrogens is 402 g/mol. The highest BCUT2D eigenvalue weighted by Gasteiger charge is 2.24. The summed E-state index contributed by atoms with van der Waals surface area (Å²) in [5, 5.41) is 23.8. The fraction of sp³-hybridized carbons (Fsp3) is 0.520. The molecule has 0 bridgehead atoms. The van der Waals surface area contributed by atoms with Gasteiger partial charge in [-0.3, -0.25) is 4.90 Å². The number of hydrogen-bond donors (Lipinski definition) is 3. The molecular formula is C25H33N5O2. The molecule has 1 atom stereocenters. The molecule has 7 nitrogen and oxygen atoms in total. The lowest BCUT2D eigenvalue weighted by Gasteiger charge is -2.25. The third-order valence-electron chi connectivity index (χ3n) is 6.55. The van der Waals surface area contributed by atoms with E-state index in [-0.39, 0.29) is 17.5 Å². The van der Waals surface area contributed by atoms with E-state index in [1.807, 2.05) is 12.1 Å². The van der Waals surface area contributed by atoms with Crippen LogP contribution >= 0.6 is 0 Å². The number of nitriles is 1. The number of aromatic nitrogens is 1.